The molecule has 28 heavy (non-hydrogen) atoms. The number of benzene rings is 2. The second-order valence-electron chi connectivity index (χ2n) is 7.15. The molecular weight excluding hydrogens is 378 g/mol. The van der Waals surface area contributed by atoms with Crippen molar-refractivity contribution in [1.29, 1.82) is 0 Å². The lowest BCUT2D eigenvalue weighted by molar-refractivity contribution is -0.131. The third-order valence-electron chi connectivity index (χ3n) is 5.34. The molecular formula is C22H22ClNO4. The van der Waals surface area contributed by atoms with Crippen LogP contribution in [-0.2, 0) is 11.2 Å². The number of Topliss-reactive ketones (excluding diaryl/α,β-unsaturated/α-hetero) is 1. The molecule has 0 atom stereocenters. The zero-order chi connectivity index (χ0) is 19.5. The van der Waals surface area contributed by atoms with Gasteiger partial charge in [-0.3, -0.25) is 9.59 Å². The first kappa shape index (κ1) is 18.8. The maximum absolute atomic E-state index is 12.9. The van der Waals surface area contributed by atoms with Gasteiger partial charge in [0.15, 0.2) is 17.3 Å². The van der Waals surface area contributed by atoms with Crippen molar-refractivity contribution < 1.29 is 19.1 Å². The molecule has 2 aromatic rings. The van der Waals surface area contributed by atoms with Crippen LogP contribution in [0, 0.1) is 5.92 Å². The molecule has 6 heteroatoms. The highest BCUT2D eigenvalue weighted by Crippen LogP contribution is 2.32. The number of ketones is 1. The lowest BCUT2D eigenvalue weighted by atomic mass is 9.88. The van der Waals surface area contributed by atoms with Crippen molar-refractivity contribution in [3.63, 3.8) is 0 Å². The molecule has 2 aliphatic heterocycles. The Bertz CT molecular complexity index is 890. The molecule has 0 bridgehead atoms. The van der Waals surface area contributed by atoms with Crippen molar-refractivity contribution in [1.82, 2.24) is 4.90 Å². The van der Waals surface area contributed by atoms with E-state index in [-0.39, 0.29) is 17.6 Å². The molecule has 0 N–H and O–H groups in total. The van der Waals surface area contributed by atoms with Crippen LogP contribution < -0.4 is 9.47 Å². The summed E-state index contributed by atoms with van der Waals surface area (Å²) in [7, 11) is 0. The van der Waals surface area contributed by atoms with E-state index in [1.54, 1.807) is 24.3 Å². The first-order valence-electron chi connectivity index (χ1n) is 9.57. The summed E-state index contributed by atoms with van der Waals surface area (Å²) in [5.41, 5.74) is 1.48. The zero-order valence-corrected chi connectivity index (χ0v) is 16.3. The highest BCUT2D eigenvalue weighted by atomic mass is 35.5. The van der Waals surface area contributed by atoms with Gasteiger partial charge in [0, 0.05) is 29.6 Å². The normalized spacial score (nSPS) is 16.7. The molecule has 4 rings (SSSR count). The SMILES string of the molecule is O=C(c1ccc2c(c1)OCCO2)C1CCN(C(=O)Cc2ccccc2Cl)CC1. The van der Waals surface area contributed by atoms with E-state index in [9.17, 15) is 9.59 Å². The van der Waals surface area contributed by atoms with Crippen LogP contribution in [0.15, 0.2) is 42.5 Å². The van der Waals surface area contributed by atoms with Gasteiger partial charge < -0.3 is 14.4 Å². The molecule has 1 amide bonds. The van der Waals surface area contributed by atoms with Crippen molar-refractivity contribution in [2.75, 3.05) is 26.3 Å². The smallest absolute Gasteiger partial charge is 0.227 e. The Kier molecular flexibility index (Phi) is 5.53. The third-order valence-corrected chi connectivity index (χ3v) is 5.71. The molecule has 2 heterocycles. The lowest BCUT2D eigenvalue weighted by Crippen LogP contribution is -2.41. The van der Waals surface area contributed by atoms with Crippen molar-refractivity contribution in [2.24, 2.45) is 5.92 Å². The monoisotopic (exact) mass is 399 g/mol. The highest BCUT2D eigenvalue weighted by Gasteiger charge is 2.29. The van der Waals surface area contributed by atoms with Crippen LogP contribution in [0.25, 0.3) is 0 Å². The molecule has 0 aromatic heterocycles. The van der Waals surface area contributed by atoms with Crippen LogP contribution >= 0.6 is 11.6 Å². The number of ether oxygens (including phenoxy) is 2. The van der Waals surface area contributed by atoms with E-state index in [1.807, 2.05) is 23.1 Å². The lowest BCUT2D eigenvalue weighted by Gasteiger charge is -2.31. The van der Waals surface area contributed by atoms with Crippen LogP contribution in [0.3, 0.4) is 0 Å². The Hall–Kier alpha value is -2.53. The van der Waals surface area contributed by atoms with E-state index >= 15 is 0 Å². The van der Waals surface area contributed by atoms with Crippen LogP contribution in [0.2, 0.25) is 5.02 Å². The molecule has 146 valence electrons. The largest absolute Gasteiger partial charge is 0.486 e. The van der Waals surface area contributed by atoms with Crippen LogP contribution in [0.4, 0.5) is 0 Å². The van der Waals surface area contributed by atoms with Gasteiger partial charge in [0.25, 0.3) is 0 Å². The van der Waals surface area contributed by atoms with E-state index in [0.717, 1.165) is 5.56 Å². The molecule has 0 spiro atoms. The molecule has 0 unspecified atom stereocenters. The molecule has 1 saturated heterocycles. The fourth-order valence-corrected chi connectivity index (χ4v) is 3.94. The molecule has 1 fully saturated rings. The number of hydrogen-bond acceptors (Lipinski definition) is 4. The fourth-order valence-electron chi connectivity index (χ4n) is 3.74. The first-order chi connectivity index (χ1) is 13.6. The second-order valence-corrected chi connectivity index (χ2v) is 7.55. The van der Waals surface area contributed by atoms with Gasteiger partial charge in [-0.2, -0.15) is 0 Å². The summed E-state index contributed by atoms with van der Waals surface area (Å²) < 4.78 is 11.1. The quantitative estimate of drug-likeness (QED) is 0.734. The standard InChI is InChI=1S/C22H22ClNO4/c23-18-4-2-1-3-16(18)14-21(25)24-9-7-15(8-10-24)22(26)17-5-6-19-20(13-17)28-12-11-27-19/h1-6,13,15H,7-12,14H2. The van der Waals surface area contributed by atoms with Crippen molar-refractivity contribution >= 4 is 23.3 Å². The number of carbonyl (C=O) groups excluding carboxylic acids is 2. The van der Waals surface area contributed by atoms with Crippen LogP contribution in [0.5, 0.6) is 11.5 Å². The topological polar surface area (TPSA) is 55.8 Å². The van der Waals surface area contributed by atoms with E-state index < -0.39 is 0 Å². The molecule has 0 radical (unpaired) electrons. The first-order valence-corrected chi connectivity index (χ1v) is 9.94. The maximum atomic E-state index is 12.9. The Labute approximate surface area is 169 Å². The minimum atomic E-state index is -0.0769. The van der Waals surface area contributed by atoms with Crippen molar-refractivity contribution in [3.05, 3.63) is 58.6 Å². The predicted octanol–water partition coefficient (Wildman–Crippen LogP) is 3.78. The Morgan fingerprint density at radius 2 is 1.71 bits per heavy atom. The summed E-state index contributed by atoms with van der Waals surface area (Å²) >= 11 is 6.16. The molecule has 2 aromatic carbocycles. The number of fused-ring (bicyclic) bond motifs is 1. The number of rotatable bonds is 4. The summed E-state index contributed by atoms with van der Waals surface area (Å²) in [6.45, 7) is 2.20. The van der Waals surface area contributed by atoms with Gasteiger partial charge in [0.1, 0.15) is 13.2 Å². The Morgan fingerprint density at radius 1 is 1.00 bits per heavy atom. The Morgan fingerprint density at radius 3 is 2.46 bits per heavy atom. The average molecular weight is 400 g/mol. The zero-order valence-electron chi connectivity index (χ0n) is 15.5. The van der Waals surface area contributed by atoms with Gasteiger partial charge in [-0.1, -0.05) is 29.8 Å². The van der Waals surface area contributed by atoms with E-state index in [0.29, 0.717) is 67.7 Å². The fraction of sp³-hybridized carbons (Fsp3) is 0.364. The minimum absolute atomic E-state index is 0.0540. The number of likely N-dealkylation sites (tertiary alicyclic amines) is 1. The van der Waals surface area contributed by atoms with Gasteiger partial charge in [0.05, 0.1) is 6.42 Å². The molecule has 0 saturated carbocycles. The van der Waals surface area contributed by atoms with Crippen molar-refractivity contribution in [3.8, 4) is 11.5 Å². The third kappa shape index (κ3) is 3.99. The van der Waals surface area contributed by atoms with Gasteiger partial charge in [0.2, 0.25) is 5.91 Å². The summed E-state index contributed by atoms with van der Waals surface area (Å²) in [5, 5.41) is 0.611. The number of carbonyl (C=O) groups is 2. The van der Waals surface area contributed by atoms with Gasteiger partial charge in [-0.05, 0) is 42.7 Å². The van der Waals surface area contributed by atoms with Crippen LogP contribution in [-0.4, -0.2) is 42.9 Å². The maximum Gasteiger partial charge on any atom is 0.227 e. The second kappa shape index (κ2) is 8.23. The number of piperidine rings is 1. The van der Waals surface area contributed by atoms with E-state index in [1.165, 1.54) is 0 Å². The summed E-state index contributed by atoms with van der Waals surface area (Å²) in [5.74, 6) is 1.40. The number of halogens is 1. The molecule has 5 nitrogen and oxygen atoms in total. The number of amides is 1. The summed E-state index contributed by atoms with van der Waals surface area (Å²) in [4.78, 5) is 27.3. The van der Waals surface area contributed by atoms with E-state index in [4.69, 9.17) is 21.1 Å². The Balaban J connectivity index is 1.35. The van der Waals surface area contributed by atoms with E-state index in [2.05, 4.69) is 0 Å². The average Bonchev–Trinajstić information content (AvgIpc) is 2.74. The van der Waals surface area contributed by atoms with Gasteiger partial charge >= 0.3 is 0 Å². The van der Waals surface area contributed by atoms with Crippen molar-refractivity contribution in [2.45, 2.75) is 19.3 Å². The summed E-state index contributed by atoms with van der Waals surface area (Å²) in [6, 6.07) is 12.8. The summed E-state index contributed by atoms with van der Waals surface area (Å²) in [6.07, 6.45) is 1.63. The predicted molar refractivity (Wildman–Crippen MR) is 106 cm³/mol. The van der Waals surface area contributed by atoms with Crippen LogP contribution in [0.1, 0.15) is 28.8 Å². The molecule has 2 aliphatic rings. The number of hydrogen-bond donors (Lipinski definition) is 0. The highest BCUT2D eigenvalue weighted by molar-refractivity contribution is 6.31. The molecule has 0 aliphatic carbocycles. The minimum Gasteiger partial charge on any atom is -0.486 e. The van der Waals surface area contributed by atoms with Gasteiger partial charge in [-0.15, -0.1) is 0 Å². The number of nitrogens with zero attached hydrogens (tertiary/aromatic N) is 1. The van der Waals surface area contributed by atoms with Gasteiger partial charge in [-0.25, -0.2) is 0 Å².